The SMILES string of the molecule is Cc1cc(F)cc(NC(CO)c2cc(F)ccc2Br)c1. The zero-order valence-corrected chi connectivity index (χ0v) is 12.4. The van der Waals surface area contributed by atoms with E-state index in [9.17, 15) is 13.9 Å². The number of anilines is 1. The van der Waals surface area contributed by atoms with Gasteiger partial charge >= 0.3 is 0 Å². The average Bonchev–Trinajstić information content (AvgIpc) is 2.38. The van der Waals surface area contributed by atoms with Crippen LogP contribution in [-0.4, -0.2) is 11.7 Å². The van der Waals surface area contributed by atoms with Crippen LogP contribution in [0.5, 0.6) is 0 Å². The molecule has 2 N–H and O–H groups in total. The molecule has 5 heteroatoms. The van der Waals surface area contributed by atoms with Gasteiger partial charge in [-0.3, -0.25) is 0 Å². The fraction of sp³-hybridized carbons (Fsp3) is 0.200. The maximum absolute atomic E-state index is 13.4. The summed E-state index contributed by atoms with van der Waals surface area (Å²) in [6.07, 6.45) is 0. The topological polar surface area (TPSA) is 32.3 Å². The second kappa shape index (κ2) is 6.33. The molecule has 0 heterocycles. The van der Waals surface area contributed by atoms with Gasteiger partial charge in [-0.25, -0.2) is 8.78 Å². The predicted octanol–water partition coefficient (Wildman–Crippen LogP) is 4.18. The average molecular weight is 342 g/mol. The van der Waals surface area contributed by atoms with Crippen molar-refractivity contribution in [3.63, 3.8) is 0 Å². The van der Waals surface area contributed by atoms with Crippen molar-refractivity contribution < 1.29 is 13.9 Å². The second-order valence-electron chi connectivity index (χ2n) is 4.56. The van der Waals surface area contributed by atoms with E-state index < -0.39 is 6.04 Å². The van der Waals surface area contributed by atoms with Crippen molar-refractivity contribution in [2.75, 3.05) is 11.9 Å². The van der Waals surface area contributed by atoms with Gasteiger partial charge < -0.3 is 10.4 Å². The van der Waals surface area contributed by atoms with Gasteiger partial charge in [0.05, 0.1) is 12.6 Å². The minimum absolute atomic E-state index is 0.238. The normalized spacial score (nSPS) is 12.2. The van der Waals surface area contributed by atoms with Gasteiger partial charge in [-0.1, -0.05) is 15.9 Å². The largest absolute Gasteiger partial charge is 0.394 e. The predicted molar refractivity (Wildman–Crippen MR) is 78.7 cm³/mol. The summed E-state index contributed by atoms with van der Waals surface area (Å²) in [6, 6.07) is 8.23. The maximum Gasteiger partial charge on any atom is 0.125 e. The van der Waals surface area contributed by atoms with Crippen LogP contribution in [0.2, 0.25) is 0 Å². The van der Waals surface area contributed by atoms with Crippen molar-refractivity contribution in [3.05, 3.63) is 63.6 Å². The van der Waals surface area contributed by atoms with Crippen LogP contribution >= 0.6 is 15.9 Å². The first-order chi connectivity index (χ1) is 9.49. The van der Waals surface area contributed by atoms with Crippen molar-refractivity contribution in [1.82, 2.24) is 0 Å². The van der Waals surface area contributed by atoms with E-state index >= 15 is 0 Å². The zero-order valence-electron chi connectivity index (χ0n) is 10.8. The van der Waals surface area contributed by atoms with Gasteiger partial charge in [-0.15, -0.1) is 0 Å². The summed E-state index contributed by atoms with van der Waals surface area (Å²) in [6.45, 7) is 1.54. The van der Waals surface area contributed by atoms with Crippen LogP contribution in [0, 0.1) is 18.6 Å². The van der Waals surface area contributed by atoms with E-state index in [-0.39, 0.29) is 18.2 Å². The number of hydrogen-bond donors (Lipinski definition) is 2. The molecule has 0 amide bonds. The van der Waals surface area contributed by atoms with Crippen molar-refractivity contribution in [2.24, 2.45) is 0 Å². The van der Waals surface area contributed by atoms with E-state index in [1.807, 2.05) is 0 Å². The fourth-order valence-corrected chi connectivity index (χ4v) is 2.55. The Morgan fingerprint density at radius 1 is 1.15 bits per heavy atom. The number of benzene rings is 2. The number of aliphatic hydroxyl groups is 1. The Labute approximate surface area is 124 Å². The Morgan fingerprint density at radius 3 is 2.55 bits per heavy atom. The Balaban J connectivity index is 2.31. The molecule has 2 aromatic carbocycles. The summed E-state index contributed by atoms with van der Waals surface area (Å²) in [5.74, 6) is -0.749. The van der Waals surface area contributed by atoms with Crippen molar-refractivity contribution >= 4 is 21.6 Å². The van der Waals surface area contributed by atoms with E-state index in [1.165, 1.54) is 24.3 Å². The lowest BCUT2D eigenvalue weighted by Crippen LogP contribution is -2.16. The number of hydrogen-bond acceptors (Lipinski definition) is 2. The molecule has 0 saturated heterocycles. The molecule has 0 spiro atoms. The van der Waals surface area contributed by atoms with E-state index in [1.54, 1.807) is 19.1 Å². The minimum atomic E-state index is -0.527. The lowest BCUT2D eigenvalue weighted by molar-refractivity contribution is 0.276. The molecule has 0 saturated carbocycles. The third kappa shape index (κ3) is 3.55. The Bertz CT molecular complexity index is 599. The van der Waals surface area contributed by atoms with Crippen molar-refractivity contribution in [2.45, 2.75) is 13.0 Å². The van der Waals surface area contributed by atoms with Gasteiger partial charge in [0, 0.05) is 10.2 Å². The second-order valence-corrected chi connectivity index (χ2v) is 5.42. The first-order valence-electron chi connectivity index (χ1n) is 6.09. The van der Waals surface area contributed by atoms with Gasteiger partial charge in [0.2, 0.25) is 0 Å². The molecule has 0 fully saturated rings. The van der Waals surface area contributed by atoms with E-state index in [4.69, 9.17) is 0 Å². The molecule has 20 heavy (non-hydrogen) atoms. The maximum atomic E-state index is 13.4. The minimum Gasteiger partial charge on any atom is -0.394 e. The van der Waals surface area contributed by atoms with E-state index in [0.717, 1.165) is 5.56 Å². The summed E-state index contributed by atoms with van der Waals surface area (Å²) >= 11 is 3.32. The first kappa shape index (κ1) is 14.9. The molecular weight excluding hydrogens is 328 g/mol. The lowest BCUT2D eigenvalue weighted by Gasteiger charge is -2.20. The molecule has 1 unspecified atom stereocenters. The van der Waals surface area contributed by atoms with Gasteiger partial charge in [-0.2, -0.15) is 0 Å². The summed E-state index contributed by atoms with van der Waals surface area (Å²) < 4.78 is 27.4. The quantitative estimate of drug-likeness (QED) is 0.874. The van der Waals surface area contributed by atoms with Crippen LogP contribution in [0.25, 0.3) is 0 Å². The standard InChI is InChI=1S/C15H14BrF2NO/c1-9-4-11(18)6-12(5-9)19-15(8-20)13-7-10(17)2-3-14(13)16/h2-7,15,19-20H,8H2,1H3. The third-order valence-corrected chi connectivity index (χ3v) is 3.62. The highest BCUT2D eigenvalue weighted by Crippen LogP contribution is 2.27. The van der Waals surface area contributed by atoms with Gasteiger partial charge in [0.1, 0.15) is 11.6 Å². The summed E-state index contributed by atoms with van der Waals surface area (Å²) in [4.78, 5) is 0. The van der Waals surface area contributed by atoms with Crippen LogP contribution < -0.4 is 5.32 Å². The molecule has 0 radical (unpaired) electrons. The molecule has 2 aromatic rings. The van der Waals surface area contributed by atoms with Crippen LogP contribution in [-0.2, 0) is 0 Å². The molecule has 0 aliphatic rings. The van der Waals surface area contributed by atoms with Crippen LogP contribution in [0.4, 0.5) is 14.5 Å². The highest BCUT2D eigenvalue weighted by molar-refractivity contribution is 9.10. The summed E-state index contributed by atoms with van der Waals surface area (Å²) in [5.41, 5.74) is 1.88. The van der Waals surface area contributed by atoms with Crippen LogP contribution in [0.1, 0.15) is 17.2 Å². The van der Waals surface area contributed by atoms with E-state index in [0.29, 0.717) is 15.7 Å². The van der Waals surface area contributed by atoms with Crippen molar-refractivity contribution in [3.8, 4) is 0 Å². The fourth-order valence-electron chi connectivity index (χ4n) is 2.02. The highest BCUT2D eigenvalue weighted by Gasteiger charge is 2.15. The molecule has 1 atom stereocenters. The number of nitrogens with one attached hydrogen (secondary N) is 1. The number of aryl methyl sites for hydroxylation is 1. The molecule has 2 nitrogen and oxygen atoms in total. The lowest BCUT2D eigenvalue weighted by atomic mass is 10.1. The molecule has 106 valence electrons. The zero-order chi connectivity index (χ0) is 14.7. The molecular formula is C15H14BrF2NO. The number of halogens is 3. The molecule has 0 aromatic heterocycles. The summed E-state index contributed by atoms with van der Waals surface area (Å²) in [7, 11) is 0. The first-order valence-corrected chi connectivity index (χ1v) is 6.88. The van der Waals surface area contributed by atoms with Gasteiger partial charge in [-0.05, 0) is 54.4 Å². The number of aliphatic hydroxyl groups excluding tert-OH is 1. The van der Waals surface area contributed by atoms with Crippen LogP contribution in [0.15, 0.2) is 40.9 Å². The monoisotopic (exact) mass is 341 g/mol. The molecule has 2 rings (SSSR count). The van der Waals surface area contributed by atoms with Gasteiger partial charge in [0.25, 0.3) is 0 Å². The van der Waals surface area contributed by atoms with Crippen molar-refractivity contribution in [1.29, 1.82) is 0 Å². The van der Waals surface area contributed by atoms with Crippen LogP contribution in [0.3, 0.4) is 0 Å². The number of rotatable bonds is 4. The Kier molecular flexibility index (Phi) is 4.73. The molecule has 0 bridgehead atoms. The van der Waals surface area contributed by atoms with Gasteiger partial charge in [0.15, 0.2) is 0 Å². The third-order valence-electron chi connectivity index (χ3n) is 2.90. The summed E-state index contributed by atoms with van der Waals surface area (Å²) in [5, 5.41) is 12.5. The Hall–Kier alpha value is -1.46. The molecule has 0 aliphatic heterocycles. The molecule has 0 aliphatic carbocycles. The van der Waals surface area contributed by atoms with E-state index in [2.05, 4.69) is 21.2 Å². The Morgan fingerprint density at radius 2 is 1.90 bits per heavy atom. The highest BCUT2D eigenvalue weighted by atomic mass is 79.9. The smallest absolute Gasteiger partial charge is 0.125 e.